The van der Waals surface area contributed by atoms with Crippen LogP contribution < -0.4 is 5.32 Å². The number of hydrogen-bond donors (Lipinski definition) is 1. The molecular formula is C16H18BrN3O3. The van der Waals surface area contributed by atoms with E-state index in [0.29, 0.717) is 16.5 Å². The van der Waals surface area contributed by atoms with Crippen molar-refractivity contribution in [2.24, 2.45) is 0 Å². The summed E-state index contributed by atoms with van der Waals surface area (Å²) in [6, 6.07) is 3.36. The van der Waals surface area contributed by atoms with E-state index >= 15 is 0 Å². The summed E-state index contributed by atoms with van der Waals surface area (Å²) in [5.74, 6) is 1.79. The van der Waals surface area contributed by atoms with Crippen molar-refractivity contribution in [2.75, 3.05) is 0 Å². The molecule has 0 radical (unpaired) electrons. The SMILES string of the molecule is O=C(NC1(c2nc(C3CC3)no2)CCCCC1)c1ccc(Br)o1. The second-order valence-electron chi connectivity index (χ2n) is 6.43. The second kappa shape index (κ2) is 5.78. The second-order valence-corrected chi connectivity index (χ2v) is 7.21. The zero-order valence-electron chi connectivity index (χ0n) is 12.7. The zero-order chi connectivity index (χ0) is 15.9. The number of carbonyl (C=O) groups excluding carboxylic acids is 1. The molecule has 0 aliphatic heterocycles. The van der Waals surface area contributed by atoms with Gasteiger partial charge >= 0.3 is 0 Å². The van der Waals surface area contributed by atoms with Gasteiger partial charge in [0.1, 0.15) is 5.54 Å². The molecule has 0 aromatic carbocycles. The molecule has 7 heteroatoms. The lowest BCUT2D eigenvalue weighted by Gasteiger charge is -2.34. The van der Waals surface area contributed by atoms with Crippen molar-refractivity contribution in [3.05, 3.63) is 34.3 Å². The summed E-state index contributed by atoms with van der Waals surface area (Å²) < 4.78 is 11.4. The first-order valence-corrected chi connectivity index (χ1v) is 8.87. The molecule has 0 spiro atoms. The molecule has 0 saturated heterocycles. The third-order valence-corrected chi connectivity index (χ3v) is 5.08. The number of halogens is 1. The number of hydrogen-bond acceptors (Lipinski definition) is 5. The van der Waals surface area contributed by atoms with Crippen molar-refractivity contribution >= 4 is 21.8 Å². The van der Waals surface area contributed by atoms with Crippen molar-refractivity contribution in [3.8, 4) is 0 Å². The summed E-state index contributed by atoms with van der Waals surface area (Å²) in [4.78, 5) is 17.1. The number of carbonyl (C=O) groups is 1. The Morgan fingerprint density at radius 1 is 1.26 bits per heavy atom. The first-order valence-electron chi connectivity index (χ1n) is 8.08. The molecule has 1 N–H and O–H groups in total. The van der Waals surface area contributed by atoms with Gasteiger partial charge in [-0.3, -0.25) is 4.79 Å². The minimum absolute atomic E-state index is 0.247. The Kier molecular flexibility index (Phi) is 3.75. The third kappa shape index (κ3) is 2.94. The van der Waals surface area contributed by atoms with E-state index in [9.17, 15) is 4.79 Å². The summed E-state index contributed by atoms with van der Waals surface area (Å²) >= 11 is 3.22. The van der Waals surface area contributed by atoms with Crippen molar-refractivity contribution in [1.29, 1.82) is 0 Å². The van der Waals surface area contributed by atoms with E-state index in [0.717, 1.165) is 50.8 Å². The number of amides is 1. The van der Waals surface area contributed by atoms with Gasteiger partial charge in [0.25, 0.3) is 11.8 Å². The molecule has 4 rings (SSSR count). The summed E-state index contributed by atoms with van der Waals surface area (Å²) in [7, 11) is 0. The van der Waals surface area contributed by atoms with E-state index in [4.69, 9.17) is 8.94 Å². The standard InChI is InChI=1S/C16H18BrN3O3/c17-12-7-6-11(22-12)14(21)19-16(8-2-1-3-9-16)15-18-13(20-23-15)10-4-5-10/h6-7,10H,1-5,8-9H2,(H,19,21). The highest BCUT2D eigenvalue weighted by Crippen LogP contribution is 2.41. The Balaban J connectivity index is 1.61. The minimum atomic E-state index is -0.575. The highest BCUT2D eigenvalue weighted by atomic mass is 79.9. The topological polar surface area (TPSA) is 81.2 Å². The maximum Gasteiger partial charge on any atom is 0.287 e. The molecular weight excluding hydrogens is 362 g/mol. The van der Waals surface area contributed by atoms with Crippen LogP contribution in [-0.2, 0) is 5.54 Å². The third-order valence-electron chi connectivity index (χ3n) is 4.65. The van der Waals surface area contributed by atoms with Crippen molar-refractivity contribution < 1.29 is 13.7 Å². The smallest absolute Gasteiger partial charge is 0.287 e. The molecule has 6 nitrogen and oxygen atoms in total. The van der Waals surface area contributed by atoms with Crippen LogP contribution in [0.15, 0.2) is 25.7 Å². The monoisotopic (exact) mass is 379 g/mol. The van der Waals surface area contributed by atoms with Gasteiger partial charge in [-0.25, -0.2) is 0 Å². The van der Waals surface area contributed by atoms with Crippen molar-refractivity contribution in [2.45, 2.75) is 56.4 Å². The van der Waals surface area contributed by atoms with Gasteiger partial charge < -0.3 is 14.3 Å². The van der Waals surface area contributed by atoms with Gasteiger partial charge in [0.05, 0.1) is 0 Å². The van der Waals surface area contributed by atoms with E-state index in [1.165, 1.54) is 0 Å². The van der Waals surface area contributed by atoms with Gasteiger partial charge in [0.2, 0.25) is 0 Å². The molecule has 2 aromatic rings. The molecule has 2 saturated carbocycles. The maximum atomic E-state index is 12.5. The Hall–Kier alpha value is -1.63. The van der Waals surface area contributed by atoms with Gasteiger partial charge in [0.15, 0.2) is 16.3 Å². The van der Waals surface area contributed by atoms with Crippen LogP contribution in [0.2, 0.25) is 0 Å². The molecule has 0 bridgehead atoms. The largest absolute Gasteiger partial charge is 0.444 e. The van der Waals surface area contributed by atoms with Gasteiger partial charge in [-0.15, -0.1) is 0 Å². The number of furan rings is 1. The number of nitrogens with one attached hydrogen (secondary N) is 1. The van der Waals surface area contributed by atoms with E-state index in [1.54, 1.807) is 12.1 Å². The minimum Gasteiger partial charge on any atom is -0.444 e. The Morgan fingerprint density at radius 3 is 2.70 bits per heavy atom. The quantitative estimate of drug-likeness (QED) is 0.870. The highest BCUT2D eigenvalue weighted by Gasteiger charge is 2.42. The van der Waals surface area contributed by atoms with E-state index in [2.05, 4.69) is 31.4 Å². The molecule has 0 atom stereocenters. The Bertz CT molecular complexity index is 714. The molecule has 2 aliphatic carbocycles. The van der Waals surface area contributed by atoms with Gasteiger partial charge in [-0.2, -0.15) is 4.98 Å². The van der Waals surface area contributed by atoms with E-state index < -0.39 is 5.54 Å². The van der Waals surface area contributed by atoms with Crippen LogP contribution in [0.4, 0.5) is 0 Å². The average Bonchev–Trinajstić information content (AvgIpc) is 3.10. The lowest BCUT2D eigenvalue weighted by Crippen LogP contribution is -2.47. The fourth-order valence-electron chi connectivity index (χ4n) is 3.20. The fourth-order valence-corrected chi connectivity index (χ4v) is 3.51. The van der Waals surface area contributed by atoms with E-state index in [1.807, 2.05) is 0 Å². The molecule has 0 unspecified atom stereocenters. The highest BCUT2D eigenvalue weighted by molar-refractivity contribution is 9.10. The fraction of sp³-hybridized carbons (Fsp3) is 0.562. The van der Waals surface area contributed by atoms with Crippen LogP contribution in [0.5, 0.6) is 0 Å². The predicted octanol–water partition coefficient (Wildman–Crippen LogP) is 3.89. The average molecular weight is 380 g/mol. The summed E-state index contributed by atoms with van der Waals surface area (Å²) in [5.41, 5.74) is -0.575. The number of rotatable bonds is 4. The van der Waals surface area contributed by atoms with Gasteiger partial charge in [-0.05, 0) is 53.7 Å². The zero-order valence-corrected chi connectivity index (χ0v) is 14.3. The molecule has 1 amide bonds. The molecule has 2 aliphatic rings. The summed E-state index contributed by atoms with van der Waals surface area (Å²) in [5, 5.41) is 7.22. The Morgan fingerprint density at radius 2 is 2.04 bits per heavy atom. The van der Waals surface area contributed by atoms with E-state index in [-0.39, 0.29) is 11.7 Å². The van der Waals surface area contributed by atoms with Gasteiger partial charge in [0, 0.05) is 5.92 Å². The number of aromatic nitrogens is 2. The predicted molar refractivity (Wildman–Crippen MR) is 84.9 cm³/mol. The lowest BCUT2D eigenvalue weighted by molar-refractivity contribution is 0.0795. The first kappa shape index (κ1) is 14.9. The normalized spacial score (nSPS) is 20.4. The summed E-state index contributed by atoms with van der Waals surface area (Å²) in [6.07, 6.45) is 7.09. The molecule has 2 aromatic heterocycles. The van der Waals surface area contributed by atoms with Crippen LogP contribution in [0.3, 0.4) is 0 Å². The summed E-state index contributed by atoms with van der Waals surface area (Å²) in [6.45, 7) is 0. The molecule has 2 heterocycles. The lowest BCUT2D eigenvalue weighted by atomic mass is 9.81. The molecule has 23 heavy (non-hydrogen) atoms. The Labute approximate surface area is 142 Å². The first-order chi connectivity index (χ1) is 11.2. The van der Waals surface area contributed by atoms with Crippen LogP contribution in [0.25, 0.3) is 0 Å². The number of nitrogens with zero attached hydrogens (tertiary/aromatic N) is 2. The van der Waals surface area contributed by atoms with Crippen molar-refractivity contribution in [3.63, 3.8) is 0 Å². The van der Waals surface area contributed by atoms with Crippen LogP contribution in [0, 0.1) is 0 Å². The van der Waals surface area contributed by atoms with Crippen LogP contribution in [0.1, 0.15) is 73.1 Å². The maximum absolute atomic E-state index is 12.5. The van der Waals surface area contributed by atoms with Crippen LogP contribution >= 0.6 is 15.9 Å². The van der Waals surface area contributed by atoms with Gasteiger partial charge in [-0.1, -0.05) is 24.4 Å². The molecule has 2 fully saturated rings. The molecule has 122 valence electrons. The van der Waals surface area contributed by atoms with Crippen LogP contribution in [-0.4, -0.2) is 16.0 Å². The van der Waals surface area contributed by atoms with Crippen molar-refractivity contribution in [1.82, 2.24) is 15.5 Å².